The van der Waals surface area contributed by atoms with Crippen LogP contribution in [-0.4, -0.2) is 19.2 Å². The normalized spacial score (nSPS) is 17.0. The lowest BCUT2D eigenvalue weighted by atomic mass is 10.1. The second-order valence-electron chi connectivity index (χ2n) is 4.86. The van der Waals surface area contributed by atoms with Gasteiger partial charge in [-0.15, -0.1) is 11.3 Å². The number of halogens is 2. The van der Waals surface area contributed by atoms with Gasteiger partial charge in [0.15, 0.2) is 0 Å². The van der Waals surface area contributed by atoms with E-state index in [9.17, 15) is 4.39 Å². The fourth-order valence-electron chi connectivity index (χ4n) is 2.36. The molecule has 5 heteroatoms. The van der Waals surface area contributed by atoms with Gasteiger partial charge in [-0.1, -0.05) is 11.6 Å². The SMILES string of the molecule is Fc1ccc2c(c1)CC(CNCCc1ccc(Cl)s1)O2. The van der Waals surface area contributed by atoms with Gasteiger partial charge in [0, 0.05) is 30.0 Å². The third-order valence-electron chi connectivity index (χ3n) is 3.31. The van der Waals surface area contributed by atoms with E-state index in [-0.39, 0.29) is 11.9 Å². The lowest BCUT2D eigenvalue weighted by Crippen LogP contribution is -2.31. The molecule has 20 heavy (non-hydrogen) atoms. The van der Waals surface area contributed by atoms with Crippen molar-refractivity contribution in [2.75, 3.05) is 13.1 Å². The van der Waals surface area contributed by atoms with Crippen LogP contribution in [0.15, 0.2) is 30.3 Å². The number of hydrogen-bond donors (Lipinski definition) is 1. The van der Waals surface area contributed by atoms with Crippen molar-refractivity contribution in [1.82, 2.24) is 5.32 Å². The Morgan fingerprint density at radius 3 is 3.05 bits per heavy atom. The largest absolute Gasteiger partial charge is 0.488 e. The van der Waals surface area contributed by atoms with E-state index in [1.807, 2.05) is 6.07 Å². The zero-order valence-electron chi connectivity index (χ0n) is 10.9. The molecule has 1 aliphatic rings. The van der Waals surface area contributed by atoms with Crippen LogP contribution < -0.4 is 10.1 Å². The number of nitrogens with one attached hydrogen (secondary N) is 1. The molecule has 0 radical (unpaired) electrons. The van der Waals surface area contributed by atoms with E-state index in [4.69, 9.17) is 16.3 Å². The summed E-state index contributed by atoms with van der Waals surface area (Å²) in [5, 5.41) is 3.38. The summed E-state index contributed by atoms with van der Waals surface area (Å²) in [5.74, 6) is 0.610. The number of hydrogen-bond acceptors (Lipinski definition) is 3. The maximum atomic E-state index is 13.1. The van der Waals surface area contributed by atoms with Crippen LogP contribution in [0.3, 0.4) is 0 Å². The van der Waals surface area contributed by atoms with Crippen molar-refractivity contribution >= 4 is 22.9 Å². The Morgan fingerprint density at radius 2 is 2.25 bits per heavy atom. The maximum Gasteiger partial charge on any atom is 0.123 e. The third kappa shape index (κ3) is 3.32. The monoisotopic (exact) mass is 311 g/mol. The van der Waals surface area contributed by atoms with Crippen LogP contribution in [0.5, 0.6) is 5.75 Å². The molecular formula is C15H15ClFNOS. The molecule has 0 amide bonds. The molecule has 0 spiro atoms. The van der Waals surface area contributed by atoms with Gasteiger partial charge < -0.3 is 10.1 Å². The van der Waals surface area contributed by atoms with E-state index in [1.165, 1.54) is 10.9 Å². The Bertz CT molecular complexity index is 601. The molecule has 1 aliphatic heterocycles. The number of rotatable bonds is 5. The highest BCUT2D eigenvalue weighted by Crippen LogP contribution is 2.29. The van der Waals surface area contributed by atoms with Crippen molar-refractivity contribution in [2.45, 2.75) is 18.9 Å². The van der Waals surface area contributed by atoms with Gasteiger partial charge in [-0.25, -0.2) is 4.39 Å². The van der Waals surface area contributed by atoms with Gasteiger partial charge in [0.1, 0.15) is 17.7 Å². The van der Waals surface area contributed by atoms with Crippen LogP contribution in [0.4, 0.5) is 4.39 Å². The summed E-state index contributed by atoms with van der Waals surface area (Å²) in [6.45, 7) is 1.66. The molecule has 1 N–H and O–H groups in total. The third-order valence-corrected chi connectivity index (χ3v) is 4.60. The van der Waals surface area contributed by atoms with Crippen LogP contribution in [-0.2, 0) is 12.8 Å². The molecule has 2 aromatic rings. The highest BCUT2D eigenvalue weighted by molar-refractivity contribution is 7.16. The van der Waals surface area contributed by atoms with Gasteiger partial charge in [0.25, 0.3) is 0 Å². The highest BCUT2D eigenvalue weighted by Gasteiger charge is 2.22. The number of thiophene rings is 1. The quantitative estimate of drug-likeness (QED) is 0.851. The van der Waals surface area contributed by atoms with Crippen LogP contribution in [0, 0.1) is 5.82 Å². The Labute approximate surface area is 126 Å². The van der Waals surface area contributed by atoms with Gasteiger partial charge >= 0.3 is 0 Å². The van der Waals surface area contributed by atoms with E-state index in [1.54, 1.807) is 23.5 Å². The Balaban J connectivity index is 1.42. The first-order valence-electron chi connectivity index (χ1n) is 6.61. The minimum absolute atomic E-state index is 0.0960. The van der Waals surface area contributed by atoms with E-state index >= 15 is 0 Å². The highest BCUT2D eigenvalue weighted by atomic mass is 35.5. The van der Waals surface area contributed by atoms with Crippen LogP contribution in [0.1, 0.15) is 10.4 Å². The second-order valence-corrected chi connectivity index (χ2v) is 6.66. The zero-order valence-corrected chi connectivity index (χ0v) is 12.4. The van der Waals surface area contributed by atoms with Gasteiger partial charge in [-0.3, -0.25) is 0 Å². The molecule has 2 nitrogen and oxygen atoms in total. The first-order chi connectivity index (χ1) is 9.70. The predicted octanol–water partition coefficient (Wildman–Crippen LogP) is 3.68. The van der Waals surface area contributed by atoms with Crippen molar-refractivity contribution in [3.63, 3.8) is 0 Å². The van der Waals surface area contributed by atoms with Crippen molar-refractivity contribution in [1.29, 1.82) is 0 Å². The molecular weight excluding hydrogens is 297 g/mol. The van der Waals surface area contributed by atoms with Crippen LogP contribution in [0.2, 0.25) is 4.34 Å². The number of fused-ring (bicyclic) bond motifs is 1. The summed E-state index contributed by atoms with van der Waals surface area (Å²) in [4.78, 5) is 1.28. The Kier molecular flexibility index (Phi) is 4.24. The molecule has 1 atom stereocenters. The summed E-state index contributed by atoms with van der Waals surface area (Å²) in [6.07, 6.45) is 1.83. The minimum atomic E-state index is -0.199. The fraction of sp³-hybridized carbons (Fsp3) is 0.333. The molecule has 1 unspecified atom stereocenters. The summed E-state index contributed by atoms with van der Waals surface area (Å²) in [6, 6.07) is 8.68. The average Bonchev–Trinajstić information content (AvgIpc) is 3.00. The summed E-state index contributed by atoms with van der Waals surface area (Å²) >= 11 is 7.50. The number of ether oxygens (including phenoxy) is 1. The van der Waals surface area contributed by atoms with Gasteiger partial charge in [0.05, 0.1) is 4.34 Å². The molecule has 0 saturated carbocycles. The molecule has 3 rings (SSSR count). The summed E-state index contributed by atoms with van der Waals surface area (Å²) < 4.78 is 19.7. The number of benzene rings is 1. The molecule has 0 bridgehead atoms. The smallest absolute Gasteiger partial charge is 0.123 e. The average molecular weight is 312 g/mol. The second kappa shape index (κ2) is 6.12. The lowest BCUT2D eigenvalue weighted by molar-refractivity contribution is 0.228. The van der Waals surface area contributed by atoms with Gasteiger partial charge in [0.2, 0.25) is 0 Å². The van der Waals surface area contributed by atoms with E-state index in [0.29, 0.717) is 0 Å². The van der Waals surface area contributed by atoms with E-state index in [0.717, 1.165) is 41.6 Å². The van der Waals surface area contributed by atoms with Crippen molar-refractivity contribution < 1.29 is 9.13 Å². The van der Waals surface area contributed by atoms with E-state index < -0.39 is 0 Å². The summed E-state index contributed by atoms with van der Waals surface area (Å²) in [5.41, 5.74) is 0.960. The molecule has 1 aromatic heterocycles. The minimum Gasteiger partial charge on any atom is -0.488 e. The van der Waals surface area contributed by atoms with Crippen LogP contribution in [0.25, 0.3) is 0 Å². The van der Waals surface area contributed by atoms with E-state index in [2.05, 4.69) is 11.4 Å². The lowest BCUT2D eigenvalue weighted by Gasteiger charge is -2.11. The zero-order chi connectivity index (χ0) is 13.9. The first kappa shape index (κ1) is 13.9. The molecule has 0 saturated heterocycles. The standard InChI is InChI=1S/C15H15ClFNOS/c16-15-4-2-13(20-15)5-6-18-9-12-8-10-7-11(17)1-3-14(10)19-12/h1-4,7,12,18H,5-6,8-9H2. The van der Waals surface area contributed by atoms with Crippen LogP contribution >= 0.6 is 22.9 Å². The molecule has 0 aliphatic carbocycles. The fourth-order valence-corrected chi connectivity index (χ4v) is 3.45. The Morgan fingerprint density at radius 1 is 1.35 bits per heavy atom. The van der Waals surface area contributed by atoms with Gasteiger partial charge in [-0.05, 0) is 36.8 Å². The molecule has 1 aromatic carbocycles. The summed E-state index contributed by atoms with van der Waals surface area (Å²) in [7, 11) is 0. The predicted molar refractivity (Wildman–Crippen MR) is 80.4 cm³/mol. The molecule has 106 valence electrons. The van der Waals surface area contributed by atoms with Crippen molar-refractivity contribution in [3.05, 3.63) is 50.9 Å². The molecule has 0 fully saturated rings. The first-order valence-corrected chi connectivity index (χ1v) is 7.80. The maximum absolute atomic E-state index is 13.1. The van der Waals surface area contributed by atoms with Gasteiger partial charge in [-0.2, -0.15) is 0 Å². The van der Waals surface area contributed by atoms with Crippen molar-refractivity contribution in [3.8, 4) is 5.75 Å². The Hall–Kier alpha value is -1.10. The molecule has 2 heterocycles. The topological polar surface area (TPSA) is 21.3 Å². The van der Waals surface area contributed by atoms with Crippen molar-refractivity contribution in [2.24, 2.45) is 0 Å².